The summed E-state index contributed by atoms with van der Waals surface area (Å²) >= 11 is 3.45. The minimum Gasteiger partial charge on any atom is -0.371 e. The highest BCUT2D eigenvalue weighted by Gasteiger charge is 2.20. The van der Waals surface area contributed by atoms with Crippen molar-refractivity contribution in [3.05, 3.63) is 64.4 Å². The number of rotatable bonds is 4. The van der Waals surface area contributed by atoms with Crippen molar-refractivity contribution in [2.45, 2.75) is 20.3 Å². The summed E-state index contributed by atoms with van der Waals surface area (Å²) in [5.41, 5.74) is 3.80. The van der Waals surface area contributed by atoms with Crippen molar-refractivity contribution in [3.63, 3.8) is 0 Å². The zero-order valence-electron chi connectivity index (χ0n) is 15.9. The topological polar surface area (TPSA) is 63.1 Å². The minimum atomic E-state index is -0.263. The number of anilines is 2. The Morgan fingerprint density at radius 1 is 1.18 bits per heavy atom. The quantitative estimate of drug-likeness (QED) is 0.652. The molecular formula is C21H22BrN5O. The number of nitrogens with zero attached hydrogens (tertiary/aromatic N) is 4. The number of hydrogen-bond acceptors (Lipinski definition) is 4. The molecular weight excluding hydrogens is 418 g/mol. The van der Waals surface area contributed by atoms with Crippen LogP contribution in [-0.4, -0.2) is 34.0 Å². The molecule has 0 aliphatic carbocycles. The zero-order valence-corrected chi connectivity index (χ0v) is 17.5. The first-order valence-electron chi connectivity index (χ1n) is 9.36. The molecule has 28 heavy (non-hydrogen) atoms. The molecule has 6 nitrogen and oxygen atoms in total. The fourth-order valence-corrected chi connectivity index (χ4v) is 3.89. The number of carbonyl (C=O) groups is 1. The van der Waals surface area contributed by atoms with Crippen molar-refractivity contribution in [3.8, 4) is 5.69 Å². The first-order chi connectivity index (χ1) is 13.5. The predicted octanol–water partition coefficient (Wildman–Crippen LogP) is 4.44. The minimum absolute atomic E-state index is 0.263. The molecule has 1 fully saturated rings. The van der Waals surface area contributed by atoms with Gasteiger partial charge in [0.05, 0.1) is 11.4 Å². The van der Waals surface area contributed by atoms with Gasteiger partial charge >= 0.3 is 0 Å². The number of aromatic nitrogens is 3. The second-order valence-electron chi connectivity index (χ2n) is 7.26. The molecule has 0 radical (unpaired) electrons. The lowest BCUT2D eigenvalue weighted by atomic mass is 10.2. The van der Waals surface area contributed by atoms with E-state index in [2.05, 4.69) is 55.5 Å². The third kappa shape index (κ3) is 3.80. The summed E-state index contributed by atoms with van der Waals surface area (Å²) in [6.45, 7) is 6.29. The Hall–Kier alpha value is -2.67. The van der Waals surface area contributed by atoms with E-state index in [9.17, 15) is 4.79 Å². The molecule has 1 atom stereocenters. The maximum atomic E-state index is 12.7. The third-order valence-electron chi connectivity index (χ3n) is 5.08. The van der Waals surface area contributed by atoms with Crippen LogP contribution >= 0.6 is 15.9 Å². The lowest BCUT2D eigenvalue weighted by molar-refractivity contribution is 0.102. The van der Waals surface area contributed by atoms with Gasteiger partial charge < -0.3 is 10.2 Å². The Bertz CT molecular complexity index is 998. The molecule has 1 aliphatic rings. The highest BCUT2D eigenvalue weighted by Crippen LogP contribution is 2.25. The second-order valence-corrected chi connectivity index (χ2v) is 8.17. The smallest absolute Gasteiger partial charge is 0.278 e. The fourth-order valence-electron chi connectivity index (χ4n) is 3.51. The van der Waals surface area contributed by atoms with Gasteiger partial charge in [-0.05, 0) is 61.7 Å². The number of carbonyl (C=O) groups excluding carboxylic acids is 1. The number of hydrogen-bond donors (Lipinski definition) is 1. The molecule has 144 valence electrons. The van der Waals surface area contributed by atoms with Crippen molar-refractivity contribution in [2.75, 3.05) is 23.3 Å². The van der Waals surface area contributed by atoms with Gasteiger partial charge in [0.25, 0.3) is 5.91 Å². The van der Waals surface area contributed by atoms with Gasteiger partial charge in [-0.2, -0.15) is 0 Å². The van der Waals surface area contributed by atoms with Crippen molar-refractivity contribution >= 4 is 33.2 Å². The summed E-state index contributed by atoms with van der Waals surface area (Å²) in [7, 11) is 0. The number of amides is 1. The number of nitrogens with one attached hydrogen (secondary N) is 1. The summed E-state index contributed by atoms with van der Waals surface area (Å²) in [5, 5.41) is 11.1. The summed E-state index contributed by atoms with van der Waals surface area (Å²) in [4.78, 5) is 15.1. The highest BCUT2D eigenvalue weighted by atomic mass is 79.9. The van der Waals surface area contributed by atoms with Crippen molar-refractivity contribution in [1.29, 1.82) is 0 Å². The fraction of sp³-hybridized carbons (Fsp3) is 0.286. The van der Waals surface area contributed by atoms with Crippen LogP contribution in [-0.2, 0) is 0 Å². The first kappa shape index (κ1) is 18.7. The Morgan fingerprint density at radius 2 is 1.96 bits per heavy atom. The molecule has 4 rings (SSSR count). The Labute approximate surface area is 172 Å². The molecule has 1 unspecified atom stereocenters. The SMILES string of the molecule is Cc1c(C(=O)Nc2ccc(N3CCC(C)C3)cc2)nnn1-c1cccc(Br)c1. The van der Waals surface area contributed by atoms with Gasteiger partial charge in [-0.1, -0.05) is 34.1 Å². The predicted molar refractivity (Wildman–Crippen MR) is 114 cm³/mol. The molecule has 1 aromatic heterocycles. The van der Waals surface area contributed by atoms with Gasteiger partial charge in [-0.15, -0.1) is 5.10 Å². The first-order valence-corrected chi connectivity index (χ1v) is 10.1. The van der Waals surface area contributed by atoms with Crippen LogP contribution in [0.2, 0.25) is 0 Å². The van der Waals surface area contributed by atoms with Gasteiger partial charge in [0.2, 0.25) is 0 Å². The van der Waals surface area contributed by atoms with Crippen LogP contribution in [0.3, 0.4) is 0 Å². The van der Waals surface area contributed by atoms with E-state index in [1.165, 1.54) is 12.1 Å². The van der Waals surface area contributed by atoms with Crippen LogP contribution in [0.4, 0.5) is 11.4 Å². The van der Waals surface area contributed by atoms with E-state index in [0.717, 1.165) is 34.9 Å². The molecule has 1 saturated heterocycles. The van der Waals surface area contributed by atoms with Gasteiger partial charge in [0.15, 0.2) is 5.69 Å². The van der Waals surface area contributed by atoms with Crippen LogP contribution in [0.25, 0.3) is 5.69 Å². The molecule has 1 N–H and O–H groups in total. The maximum absolute atomic E-state index is 12.7. The molecule has 0 saturated carbocycles. The average molecular weight is 440 g/mol. The van der Waals surface area contributed by atoms with E-state index < -0.39 is 0 Å². The molecule has 1 aliphatic heterocycles. The standard InChI is InChI=1S/C21H22BrN5O/c1-14-10-11-26(13-14)18-8-6-17(7-9-18)23-21(28)20-15(2)27(25-24-20)19-5-3-4-16(22)12-19/h3-9,12,14H,10-11,13H2,1-2H3,(H,23,28). The molecule has 3 aromatic rings. The summed E-state index contributed by atoms with van der Waals surface area (Å²) in [6.07, 6.45) is 1.23. The lowest BCUT2D eigenvalue weighted by Gasteiger charge is -2.18. The molecule has 2 aromatic carbocycles. The summed E-state index contributed by atoms with van der Waals surface area (Å²) in [6, 6.07) is 15.7. The molecule has 0 bridgehead atoms. The largest absolute Gasteiger partial charge is 0.371 e. The highest BCUT2D eigenvalue weighted by molar-refractivity contribution is 9.10. The number of halogens is 1. The summed E-state index contributed by atoms with van der Waals surface area (Å²) < 4.78 is 2.61. The summed E-state index contributed by atoms with van der Waals surface area (Å²) in [5.74, 6) is 0.469. The third-order valence-corrected chi connectivity index (χ3v) is 5.57. The van der Waals surface area contributed by atoms with E-state index >= 15 is 0 Å². The van der Waals surface area contributed by atoms with Crippen LogP contribution in [0.1, 0.15) is 29.5 Å². The second kappa shape index (κ2) is 7.75. The van der Waals surface area contributed by atoms with Crippen LogP contribution in [0, 0.1) is 12.8 Å². The lowest BCUT2D eigenvalue weighted by Crippen LogP contribution is -2.19. The number of benzene rings is 2. The van der Waals surface area contributed by atoms with Crippen LogP contribution < -0.4 is 10.2 Å². The van der Waals surface area contributed by atoms with Crippen molar-refractivity contribution < 1.29 is 4.79 Å². The van der Waals surface area contributed by atoms with Crippen molar-refractivity contribution in [2.24, 2.45) is 5.92 Å². The van der Waals surface area contributed by atoms with Gasteiger partial charge in [0.1, 0.15) is 0 Å². The normalized spacial score (nSPS) is 16.4. The van der Waals surface area contributed by atoms with E-state index in [1.807, 2.05) is 43.3 Å². The van der Waals surface area contributed by atoms with Gasteiger partial charge in [0, 0.05) is 28.9 Å². The van der Waals surface area contributed by atoms with Crippen molar-refractivity contribution in [1.82, 2.24) is 15.0 Å². The Morgan fingerprint density at radius 3 is 2.64 bits per heavy atom. The molecule has 7 heteroatoms. The monoisotopic (exact) mass is 439 g/mol. The van der Waals surface area contributed by atoms with E-state index in [4.69, 9.17) is 0 Å². The Balaban J connectivity index is 1.48. The van der Waals surface area contributed by atoms with E-state index in [0.29, 0.717) is 11.4 Å². The molecule has 1 amide bonds. The van der Waals surface area contributed by atoms with Gasteiger partial charge in [-0.3, -0.25) is 4.79 Å². The Kier molecular flexibility index (Phi) is 5.17. The molecule has 0 spiro atoms. The van der Waals surface area contributed by atoms with E-state index in [-0.39, 0.29) is 5.91 Å². The van der Waals surface area contributed by atoms with Gasteiger partial charge in [-0.25, -0.2) is 4.68 Å². The molecule has 2 heterocycles. The van der Waals surface area contributed by atoms with Crippen LogP contribution in [0.5, 0.6) is 0 Å². The van der Waals surface area contributed by atoms with Crippen LogP contribution in [0.15, 0.2) is 53.0 Å². The maximum Gasteiger partial charge on any atom is 0.278 e. The zero-order chi connectivity index (χ0) is 19.7. The van der Waals surface area contributed by atoms with E-state index in [1.54, 1.807) is 4.68 Å². The average Bonchev–Trinajstić information content (AvgIpc) is 3.28.